The van der Waals surface area contributed by atoms with Gasteiger partial charge in [-0.2, -0.15) is 0 Å². The number of hydrogen-bond acceptors (Lipinski definition) is 8. The number of hydrogen-bond donors (Lipinski definition) is 2. The lowest BCUT2D eigenvalue weighted by molar-refractivity contribution is -0.132. The summed E-state index contributed by atoms with van der Waals surface area (Å²) in [5.74, 6) is 0.448. The van der Waals surface area contributed by atoms with Crippen LogP contribution in [0.2, 0.25) is 0 Å². The number of aromatic nitrogens is 4. The molecule has 1 fully saturated rings. The molecule has 162 valence electrons. The third kappa shape index (κ3) is 4.28. The largest absolute Gasteiger partial charge is 0.397 e. The maximum Gasteiger partial charge on any atom is 0.233 e. The summed E-state index contributed by atoms with van der Waals surface area (Å²) in [6, 6.07) is 3.78. The number of pyridine rings is 1. The summed E-state index contributed by atoms with van der Waals surface area (Å²) in [6.07, 6.45) is 4.72. The minimum absolute atomic E-state index is 0.00759. The quantitative estimate of drug-likeness (QED) is 0.410. The summed E-state index contributed by atoms with van der Waals surface area (Å²) in [7, 11) is 0. The number of fused-ring (bicyclic) bond motifs is 1. The van der Waals surface area contributed by atoms with Crippen molar-refractivity contribution in [3.63, 3.8) is 0 Å². The second-order valence-electron chi connectivity index (χ2n) is 7.25. The molecular formula is C20H23N7O2S2. The molecular weight excluding hydrogens is 434 g/mol. The van der Waals surface area contributed by atoms with E-state index in [4.69, 9.17) is 11.5 Å². The maximum absolute atomic E-state index is 12.7. The second-order valence-corrected chi connectivity index (χ2v) is 9.19. The van der Waals surface area contributed by atoms with Crippen molar-refractivity contribution in [3.8, 4) is 10.7 Å². The Morgan fingerprint density at radius 2 is 2.10 bits per heavy atom. The van der Waals surface area contributed by atoms with Crippen molar-refractivity contribution in [1.29, 1.82) is 0 Å². The van der Waals surface area contributed by atoms with Crippen LogP contribution in [0, 0.1) is 5.92 Å². The van der Waals surface area contributed by atoms with Gasteiger partial charge in [0.2, 0.25) is 11.8 Å². The Hall–Kier alpha value is -2.92. The van der Waals surface area contributed by atoms with Crippen molar-refractivity contribution in [2.45, 2.75) is 24.5 Å². The number of rotatable bonds is 7. The van der Waals surface area contributed by atoms with E-state index < -0.39 is 0 Å². The van der Waals surface area contributed by atoms with E-state index in [1.165, 1.54) is 23.1 Å². The summed E-state index contributed by atoms with van der Waals surface area (Å²) in [6.45, 7) is 5.41. The summed E-state index contributed by atoms with van der Waals surface area (Å²) in [5.41, 5.74) is 12.4. The van der Waals surface area contributed by atoms with Gasteiger partial charge in [-0.3, -0.25) is 14.2 Å². The number of allylic oxidation sites excluding steroid dienone is 1. The second kappa shape index (κ2) is 9.06. The average Bonchev–Trinajstić information content (AvgIpc) is 3.33. The van der Waals surface area contributed by atoms with Crippen LogP contribution in [0.5, 0.6) is 0 Å². The average molecular weight is 458 g/mol. The molecule has 3 aromatic heterocycles. The molecule has 0 atom stereocenters. The van der Waals surface area contributed by atoms with Gasteiger partial charge in [0.05, 0.1) is 16.3 Å². The molecule has 4 heterocycles. The Morgan fingerprint density at radius 3 is 2.77 bits per heavy atom. The molecule has 0 aliphatic carbocycles. The number of nitrogen functional groups attached to an aromatic ring is 1. The molecule has 0 saturated carbocycles. The van der Waals surface area contributed by atoms with Crippen LogP contribution >= 0.6 is 23.1 Å². The summed E-state index contributed by atoms with van der Waals surface area (Å²) in [5, 5.41) is 10.2. The zero-order valence-electron chi connectivity index (χ0n) is 16.9. The fourth-order valence-electron chi connectivity index (χ4n) is 3.61. The number of carbonyl (C=O) groups excluding carboxylic acids is 2. The molecule has 0 radical (unpaired) electrons. The zero-order chi connectivity index (χ0) is 22.0. The van der Waals surface area contributed by atoms with E-state index in [1.807, 2.05) is 16.7 Å². The lowest BCUT2D eigenvalue weighted by Crippen LogP contribution is -2.42. The molecule has 0 unspecified atom stereocenters. The van der Waals surface area contributed by atoms with Crippen molar-refractivity contribution in [3.05, 3.63) is 31.0 Å². The molecule has 31 heavy (non-hydrogen) atoms. The molecule has 4 rings (SSSR count). The predicted octanol–water partition coefficient (Wildman–Crippen LogP) is 2.14. The molecule has 0 spiro atoms. The van der Waals surface area contributed by atoms with Gasteiger partial charge in [0, 0.05) is 37.1 Å². The third-order valence-electron chi connectivity index (χ3n) is 5.31. The highest BCUT2D eigenvalue weighted by Gasteiger charge is 2.26. The van der Waals surface area contributed by atoms with Crippen molar-refractivity contribution in [2.75, 3.05) is 24.6 Å². The fraction of sp³-hybridized carbons (Fsp3) is 0.350. The summed E-state index contributed by atoms with van der Waals surface area (Å²) >= 11 is 2.80. The number of thioether (sulfide) groups is 1. The predicted molar refractivity (Wildman–Crippen MR) is 122 cm³/mol. The Morgan fingerprint density at radius 1 is 1.32 bits per heavy atom. The van der Waals surface area contributed by atoms with E-state index in [0.29, 0.717) is 49.1 Å². The van der Waals surface area contributed by atoms with Crippen LogP contribution < -0.4 is 11.5 Å². The standard InChI is InChI=1S/C20H23N7O2S2/c1-2-8-27-18(16-15(21)13-4-3-7-23-19(13)31-16)24-25-20(27)30-11-14(28)26-9-5-12(6-10-26)17(22)29/h2-4,7,12H,1,5-6,8-11,21H2,(H2,22,29). The molecule has 0 aromatic carbocycles. The van der Waals surface area contributed by atoms with Crippen molar-refractivity contribution in [1.82, 2.24) is 24.6 Å². The minimum atomic E-state index is -0.290. The Labute approximate surface area is 187 Å². The summed E-state index contributed by atoms with van der Waals surface area (Å²) < 4.78 is 1.91. The lowest BCUT2D eigenvalue weighted by atomic mass is 9.96. The molecule has 0 bridgehead atoms. The molecule has 4 N–H and O–H groups in total. The van der Waals surface area contributed by atoms with E-state index >= 15 is 0 Å². The van der Waals surface area contributed by atoms with Gasteiger partial charge < -0.3 is 16.4 Å². The van der Waals surface area contributed by atoms with Gasteiger partial charge in [-0.15, -0.1) is 28.1 Å². The van der Waals surface area contributed by atoms with Crippen LogP contribution in [0.3, 0.4) is 0 Å². The SMILES string of the molecule is C=CCn1c(SCC(=O)N2CCC(C(N)=O)CC2)nnc1-c1sc2ncccc2c1N. The molecule has 1 aliphatic heterocycles. The Kier molecular flexibility index (Phi) is 6.23. The topological polar surface area (TPSA) is 133 Å². The van der Waals surface area contributed by atoms with Gasteiger partial charge in [-0.05, 0) is 25.0 Å². The first-order valence-corrected chi connectivity index (χ1v) is 11.7. The first kappa shape index (κ1) is 21.3. The number of nitrogens with zero attached hydrogens (tertiary/aromatic N) is 5. The van der Waals surface area contributed by atoms with Crippen molar-refractivity contribution >= 4 is 50.8 Å². The van der Waals surface area contributed by atoms with Crippen LogP contribution in [-0.2, 0) is 16.1 Å². The highest BCUT2D eigenvalue weighted by molar-refractivity contribution is 7.99. The van der Waals surface area contributed by atoms with Crippen LogP contribution in [0.4, 0.5) is 5.69 Å². The van der Waals surface area contributed by atoms with Crippen LogP contribution in [0.15, 0.2) is 36.1 Å². The fourth-order valence-corrected chi connectivity index (χ4v) is 5.51. The number of thiophene rings is 1. The van der Waals surface area contributed by atoms with E-state index in [2.05, 4.69) is 21.8 Å². The maximum atomic E-state index is 12.7. The molecule has 3 aromatic rings. The normalized spacial score (nSPS) is 14.8. The first-order chi connectivity index (χ1) is 15.0. The van der Waals surface area contributed by atoms with Gasteiger partial charge in [-0.25, -0.2) is 4.98 Å². The van der Waals surface area contributed by atoms with Crippen LogP contribution in [0.25, 0.3) is 20.9 Å². The van der Waals surface area contributed by atoms with Gasteiger partial charge in [0.25, 0.3) is 0 Å². The molecule has 2 amide bonds. The van der Waals surface area contributed by atoms with E-state index in [1.54, 1.807) is 17.2 Å². The number of likely N-dealkylation sites (tertiary alicyclic amines) is 1. The monoisotopic (exact) mass is 457 g/mol. The molecule has 9 nitrogen and oxygen atoms in total. The number of anilines is 1. The highest BCUT2D eigenvalue weighted by Crippen LogP contribution is 2.39. The smallest absolute Gasteiger partial charge is 0.233 e. The number of nitrogens with two attached hydrogens (primary N) is 2. The lowest BCUT2D eigenvalue weighted by Gasteiger charge is -2.30. The van der Waals surface area contributed by atoms with E-state index in [9.17, 15) is 9.59 Å². The number of primary amides is 1. The Bertz CT molecular complexity index is 1130. The highest BCUT2D eigenvalue weighted by atomic mass is 32.2. The minimum Gasteiger partial charge on any atom is -0.397 e. The van der Waals surface area contributed by atoms with Gasteiger partial charge >= 0.3 is 0 Å². The number of piperidine rings is 1. The van der Waals surface area contributed by atoms with Crippen molar-refractivity contribution < 1.29 is 9.59 Å². The first-order valence-electron chi connectivity index (χ1n) is 9.87. The third-order valence-corrected chi connectivity index (χ3v) is 7.39. The van der Waals surface area contributed by atoms with E-state index in [-0.39, 0.29) is 23.5 Å². The number of carbonyl (C=O) groups is 2. The van der Waals surface area contributed by atoms with E-state index in [0.717, 1.165) is 15.1 Å². The summed E-state index contributed by atoms with van der Waals surface area (Å²) in [4.78, 5) is 31.8. The molecule has 1 aliphatic rings. The Balaban J connectivity index is 1.50. The van der Waals surface area contributed by atoms with Gasteiger partial charge in [-0.1, -0.05) is 17.8 Å². The molecule has 1 saturated heterocycles. The van der Waals surface area contributed by atoms with Gasteiger partial charge in [0.15, 0.2) is 11.0 Å². The number of amides is 2. The van der Waals surface area contributed by atoms with Gasteiger partial charge in [0.1, 0.15) is 4.83 Å². The molecule has 11 heteroatoms. The van der Waals surface area contributed by atoms with Crippen LogP contribution in [-0.4, -0.2) is 55.3 Å². The van der Waals surface area contributed by atoms with Crippen LogP contribution in [0.1, 0.15) is 12.8 Å². The van der Waals surface area contributed by atoms with Crippen molar-refractivity contribution in [2.24, 2.45) is 11.7 Å². The zero-order valence-corrected chi connectivity index (χ0v) is 18.5.